The molecule has 0 aliphatic rings. The summed E-state index contributed by atoms with van der Waals surface area (Å²) in [5, 5.41) is 0.256. The number of benzene rings is 1. The fourth-order valence-electron chi connectivity index (χ4n) is 1.72. The van der Waals surface area contributed by atoms with Gasteiger partial charge in [0.05, 0.1) is 23.9 Å². The van der Waals surface area contributed by atoms with Crippen molar-refractivity contribution in [1.29, 1.82) is 0 Å². The van der Waals surface area contributed by atoms with Crippen molar-refractivity contribution in [2.45, 2.75) is 11.8 Å². The number of aromatic nitrogens is 1. The van der Waals surface area contributed by atoms with E-state index in [4.69, 9.17) is 22.1 Å². The number of hydrogen-bond donors (Lipinski definition) is 2. The van der Waals surface area contributed by atoms with Gasteiger partial charge >= 0.3 is 0 Å². The smallest absolute Gasteiger partial charge is 0.262 e. The van der Waals surface area contributed by atoms with Gasteiger partial charge < -0.3 is 10.5 Å². The number of anilines is 2. The topological polar surface area (TPSA) is 94.3 Å². The van der Waals surface area contributed by atoms with Gasteiger partial charge in [-0.3, -0.25) is 4.72 Å². The van der Waals surface area contributed by atoms with E-state index < -0.39 is 10.0 Å². The second kappa shape index (κ2) is 5.79. The van der Waals surface area contributed by atoms with E-state index in [0.717, 1.165) is 0 Å². The number of nitrogens with zero attached hydrogens (tertiary/aromatic N) is 1. The first-order valence-electron chi connectivity index (χ1n) is 5.92. The summed E-state index contributed by atoms with van der Waals surface area (Å²) < 4.78 is 32.1. The lowest BCUT2D eigenvalue weighted by molar-refractivity contribution is 0.398. The van der Waals surface area contributed by atoms with E-state index in [-0.39, 0.29) is 9.92 Å². The van der Waals surface area contributed by atoms with E-state index in [1.807, 2.05) is 0 Å². The Labute approximate surface area is 128 Å². The Hall–Kier alpha value is -1.99. The monoisotopic (exact) mass is 327 g/mol. The van der Waals surface area contributed by atoms with Crippen LogP contribution >= 0.6 is 11.6 Å². The Morgan fingerprint density at radius 1 is 1.33 bits per heavy atom. The highest BCUT2D eigenvalue weighted by molar-refractivity contribution is 7.92. The summed E-state index contributed by atoms with van der Waals surface area (Å²) in [7, 11) is -2.33. The first-order valence-corrected chi connectivity index (χ1v) is 7.78. The fourth-order valence-corrected chi connectivity index (χ4v) is 3.36. The van der Waals surface area contributed by atoms with Crippen LogP contribution in [0.5, 0.6) is 5.88 Å². The van der Waals surface area contributed by atoms with Gasteiger partial charge in [0, 0.05) is 16.8 Å². The zero-order chi connectivity index (χ0) is 15.6. The van der Waals surface area contributed by atoms with Gasteiger partial charge in [-0.05, 0) is 30.7 Å². The van der Waals surface area contributed by atoms with Gasteiger partial charge in [-0.25, -0.2) is 13.4 Å². The molecule has 0 spiro atoms. The largest absolute Gasteiger partial charge is 0.481 e. The van der Waals surface area contributed by atoms with Gasteiger partial charge in [-0.15, -0.1) is 0 Å². The average Bonchev–Trinajstić information content (AvgIpc) is 2.43. The Morgan fingerprint density at radius 3 is 2.62 bits per heavy atom. The van der Waals surface area contributed by atoms with Crippen molar-refractivity contribution in [3.05, 3.63) is 41.0 Å². The maximum absolute atomic E-state index is 12.4. The van der Waals surface area contributed by atoms with Crippen LogP contribution in [0.15, 0.2) is 35.4 Å². The maximum atomic E-state index is 12.4. The SMILES string of the molecule is COc1ccc(NS(=O)(=O)c2cc(Cl)cc(N)c2C)cn1. The quantitative estimate of drug-likeness (QED) is 0.841. The number of rotatable bonds is 4. The highest BCUT2D eigenvalue weighted by Crippen LogP contribution is 2.27. The van der Waals surface area contributed by atoms with E-state index in [2.05, 4.69) is 9.71 Å². The summed E-state index contributed by atoms with van der Waals surface area (Å²) in [4.78, 5) is 3.96. The average molecular weight is 328 g/mol. The molecule has 3 N–H and O–H groups in total. The molecule has 6 nitrogen and oxygen atoms in total. The molecule has 0 unspecified atom stereocenters. The van der Waals surface area contributed by atoms with Crippen LogP contribution in [0.1, 0.15) is 5.56 Å². The van der Waals surface area contributed by atoms with Crippen molar-refractivity contribution in [3.8, 4) is 5.88 Å². The van der Waals surface area contributed by atoms with Gasteiger partial charge in [0.2, 0.25) is 5.88 Å². The minimum Gasteiger partial charge on any atom is -0.481 e. The van der Waals surface area contributed by atoms with Crippen molar-refractivity contribution >= 4 is 33.0 Å². The van der Waals surface area contributed by atoms with E-state index in [0.29, 0.717) is 22.8 Å². The molecule has 1 aromatic heterocycles. The third-order valence-corrected chi connectivity index (χ3v) is 4.58. The van der Waals surface area contributed by atoms with Gasteiger partial charge in [0.25, 0.3) is 10.0 Å². The third-order valence-electron chi connectivity index (χ3n) is 2.85. The Balaban J connectivity index is 2.38. The number of nitrogen functional groups attached to an aromatic ring is 1. The van der Waals surface area contributed by atoms with Crippen molar-refractivity contribution in [3.63, 3.8) is 0 Å². The molecule has 0 saturated carbocycles. The number of nitrogens with one attached hydrogen (secondary N) is 1. The molecule has 21 heavy (non-hydrogen) atoms. The zero-order valence-electron chi connectivity index (χ0n) is 11.4. The minimum atomic E-state index is -3.80. The lowest BCUT2D eigenvalue weighted by Crippen LogP contribution is -2.15. The summed E-state index contributed by atoms with van der Waals surface area (Å²) in [6.45, 7) is 1.62. The first kappa shape index (κ1) is 15.4. The van der Waals surface area contributed by atoms with E-state index >= 15 is 0 Å². The van der Waals surface area contributed by atoms with Crippen LogP contribution in [-0.4, -0.2) is 20.5 Å². The van der Waals surface area contributed by atoms with Crippen LogP contribution in [0.3, 0.4) is 0 Å². The molecule has 0 atom stereocenters. The van der Waals surface area contributed by atoms with Crippen molar-refractivity contribution in [2.75, 3.05) is 17.6 Å². The van der Waals surface area contributed by atoms with Crippen LogP contribution in [0.4, 0.5) is 11.4 Å². The highest BCUT2D eigenvalue weighted by atomic mass is 35.5. The molecule has 2 aromatic rings. The predicted octanol–water partition coefficient (Wildman–Crippen LogP) is 2.44. The number of nitrogens with two attached hydrogens (primary N) is 1. The maximum Gasteiger partial charge on any atom is 0.262 e. The number of methoxy groups -OCH3 is 1. The molecule has 0 amide bonds. The summed E-state index contributed by atoms with van der Waals surface area (Å²) in [5.41, 5.74) is 6.81. The van der Waals surface area contributed by atoms with Crippen LogP contribution in [0.2, 0.25) is 5.02 Å². The van der Waals surface area contributed by atoms with Gasteiger partial charge in [-0.1, -0.05) is 11.6 Å². The molecule has 0 aliphatic heterocycles. The molecule has 8 heteroatoms. The van der Waals surface area contributed by atoms with Gasteiger partial charge in [0.1, 0.15) is 0 Å². The standard InChI is InChI=1S/C13H14ClN3O3S/c1-8-11(15)5-9(14)6-12(8)21(18,19)17-10-3-4-13(20-2)16-7-10/h3-7,17H,15H2,1-2H3. The molecule has 0 saturated heterocycles. The van der Waals surface area contributed by atoms with Crippen LogP contribution in [-0.2, 0) is 10.0 Å². The highest BCUT2D eigenvalue weighted by Gasteiger charge is 2.19. The molecule has 0 aliphatic carbocycles. The molecule has 0 fully saturated rings. The van der Waals surface area contributed by atoms with Gasteiger partial charge in [0.15, 0.2) is 0 Å². The minimum absolute atomic E-state index is 0.0309. The molecule has 2 rings (SSSR count). The number of ether oxygens (including phenoxy) is 1. The van der Waals surface area contributed by atoms with Gasteiger partial charge in [-0.2, -0.15) is 0 Å². The van der Waals surface area contributed by atoms with E-state index in [9.17, 15) is 8.42 Å². The number of hydrogen-bond acceptors (Lipinski definition) is 5. The lowest BCUT2D eigenvalue weighted by Gasteiger charge is -2.12. The zero-order valence-corrected chi connectivity index (χ0v) is 13.0. The van der Waals surface area contributed by atoms with E-state index in [1.165, 1.54) is 25.4 Å². The van der Waals surface area contributed by atoms with Crippen molar-refractivity contribution in [2.24, 2.45) is 0 Å². The summed E-state index contributed by atoms with van der Waals surface area (Å²) in [5.74, 6) is 0.390. The number of sulfonamides is 1. The molecular weight excluding hydrogens is 314 g/mol. The van der Waals surface area contributed by atoms with Crippen molar-refractivity contribution < 1.29 is 13.2 Å². The number of pyridine rings is 1. The summed E-state index contributed by atoms with van der Waals surface area (Å²) in [6.07, 6.45) is 1.36. The molecule has 0 radical (unpaired) electrons. The lowest BCUT2D eigenvalue weighted by atomic mass is 10.2. The predicted molar refractivity (Wildman–Crippen MR) is 82.2 cm³/mol. The normalized spacial score (nSPS) is 11.2. The Kier molecular flexibility index (Phi) is 4.24. The fraction of sp³-hybridized carbons (Fsp3) is 0.154. The number of halogens is 1. The molecule has 112 valence electrons. The Bertz CT molecular complexity index is 761. The van der Waals surface area contributed by atoms with E-state index in [1.54, 1.807) is 19.1 Å². The molecular formula is C13H14ClN3O3S. The van der Waals surface area contributed by atoms with Crippen LogP contribution in [0, 0.1) is 6.92 Å². The summed E-state index contributed by atoms with van der Waals surface area (Å²) >= 11 is 5.87. The molecule has 1 aromatic carbocycles. The van der Waals surface area contributed by atoms with Crippen LogP contribution in [0.25, 0.3) is 0 Å². The third kappa shape index (κ3) is 3.37. The second-order valence-electron chi connectivity index (χ2n) is 4.31. The molecule has 0 bridgehead atoms. The summed E-state index contributed by atoms with van der Waals surface area (Å²) in [6, 6.07) is 5.96. The van der Waals surface area contributed by atoms with Crippen LogP contribution < -0.4 is 15.2 Å². The molecule has 1 heterocycles. The van der Waals surface area contributed by atoms with Crippen molar-refractivity contribution in [1.82, 2.24) is 4.98 Å². The first-order chi connectivity index (χ1) is 9.83. The second-order valence-corrected chi connectivity index (χ2v) is 6.40. The Morgan fingerprint density at radius 2 is 2.05 bits per heavy atom.